The average molecular weight is 220 g/mol. The largest absolute Gasteiger partial charge is 0.491 e. The number of carbonyl (C=O) groups is 1. The Morgan fingerprint density at radius 1 is 1.31 bits per heavy atom. The zero-order valence-corrected chi connectivity index (χ0v) is 9.73. The second-order valence-corrected chi connectivity index (χ2v) is 3.87. The van der Waals surface area contributed by atoms with Crippen molar-refractivity contribution in [2.75, 3.05) is 0 Å². The molecule has 0 bridgehead atoms. The molecule has 0 saturated carbocycles. The highest BCUT2D eigenvalue weighted by Gasteiger charge is 2.00. The van der Waals surface area contributed by atoms with Crippen LogP contribution < -0.4 is 4.74 Å². The summed E-state index contributed by atoms with van der Waals surface area (Å²) >= 11 is 0. The van der Waals surface area contributed by atoms with E-state index in [1.807, 2.05) is 38.1 Å². The summed E-state index contributed by atoms with van der Waals surface area (Å²) in [6.07, 6.45) is 1.77. The Hall–Kier alpha value is -1.77. The SMILES string of the molecule is CC(=Cc1ccc(OC(C)C)cc1)C(=O)O. The molecule has 0 saturated heterocycles. The van der Waals surface area contributed by atoms with Crippen LogP contribution in [-0.2, 0) is 4.79 Å². The summed E-state index contributed by atoms with van der Waals surface area (Å²) in [6, 6.07) is 7.34. The minimum atomic E-state index is -0.900. The Labute approximate surface area is 95.4 Å². The van der Waals surface area contributed by atoms with Crippen molar-refractivity contribution in [1.82, 2.24) is 0 Å². The summed E-state index contributed by atoms with van der Waals surface area (Å²) in [5.74, 6) is -0.109. The van der Waals surface area contributed by atoms with E-state index in [-0.39, 0.29) is 6.10 Å². The van der Waals surface area contributed by atoms with Gasteiger partial charge >= 0.3 is 5.97 Å². The second kappa shape index (κ2) is 5.35. The van der Waals surface area contributed by atoms with Gasteiger partial charge < -0.3 is 9.84 Å². The number of carboxylic acids is 1. The molecule has 1 aromatic carbocycles. The van der Waals surface area contributed by atoms with Crippen LogP contribution in [-0.4, -0.2) is 17.2 Å². The standard InChI is InChI=1S/C13H16O3/c1-9(2)16-12-6-4-11(5-7-12)8-10(3)13(14)15/h4-9H,1-3H3,(H,14,15). The van der Waals surface area contributed by atoms with Crippen molar-refractivity contribution in [3.63, 3.8) is 0 Å². The van der Waals surface area contributed by atoms with Crippen molar-refractivity contribution in [3.05, 3.63) is 35.4 Å². The fraction of sp³-hybridized carbons (Fsp3) is 0.308. The van der Waals surface area contributed by atoms with Gasteiger partial charge in [-0.05, 0) is 44.5 Å². The third-order valence-electron chi connectivity index (χ3n) is 1.97. The number of carboxylic acid groups (broad SMARTS) is 1. The molecular weight excluding hydrogens is 204 g/mol. The van der Waals surface area contributed by atoms with Crippen LogP contribution in [0.3, 0.4) is 0 Å². The molecular formula is C13H16O3. The molecule has 0 radical (unpaired) electrons. The monoisotopic (exact) mass is 220 g/mol. The zero-order chi connectivity index (χ0) is 12.1. The van der Waals surface area contributed by atoms with E-state index in [1.165, 1.54) is 0 Å². The van der Waals surface area contributed by atoms with Gasteiger partial charge in [-0.3, -0.25) is 0 Å². The van der Waals surface area contributed by atoms with E-state index in [1.54, 1.807) is 13.0 Å². The highest BCUT2D eigenvalue weighted by atomic mass is 16.5. The molecule has 0 unspecified atom stereocenters. The molecule has 0 aromatic heterocycles. The predicted octanol–water partition coefficient (Wildman–Crippen LogP) is 2.96. The van der Waals surface area contributed by atoms with E-state index >= 15 is 0 Å². The first kappa shape index (κ1) is 12.3. The Balaban J connectivity index is 2.79. The molecule has 0 aliphatic rings. The molecule has 0 heterocycles. The van der Waals surface area contributed by atoms with Crippen LogP contribution in [0.25, 0.3) is 6.08 Å². The maximum Gasteiger partial charge on any atom is 0.331 e. The van der Waals surface area contributed by atoms with E-state index in [4.69, 9.17) is 9.84 Å². The minimum Gasteiger partial charge on any atom is -0.491 e. The molecule has 0 aliphatic heterocycles. The summed E-state index contributed by atoms with van der Waals surface area (Å²) < 4.78 is 5.48. The van der Waals surface area contributed by atoms with Crippen molar-refractivity contribution in [2.45, 2.75) is 26.9 Å². The van der Waals surface area contributed by atoms with Crippen molar-refractivity contribution >= 4 is 12.0 Å². The van der Waals surface area contributed by atoms with Gasteiger partial charge in [0.25, 0.3) is 0 Å². The molecule has 0 atom stereocenters. The summed E-state index contributed by atoms with van der Waals surface area (Å²) in [4.78, 5) is 10.6. The molecule has 1 N–H and O–H groups in total. The minimum absolute atomic E-state index is 0.141. The van der Waals surface area contributed by atoms with E-state index in [9.17, 15) is 4.79 Å². The van der Waals surface area contributed by atoms with E-state index in [0.29, 0.717) is 5.57 Å². The average Bonchev–Trinajstić information content (AvgIpc) is 2.20. The topological polar surface area (TPSA) is 46.5 Å². The first-order valence-corrected chi connectivity index (χ1v) is 5.17. The number of rotatable bonds is 4. The van der Waals surface area contributed by atoms with Gasteiger partial charge in [0, 0.05) is 5.57 Å². The highest BCUT2D eigenvalue weighted by molar-refractivity contribution is 5.91. The van der Waals surface area contributed by atoms with Crippen LogP contribution in [0, 0.1) is 0 Å². The quantitative estimate of drug-likeness (QED) is 0.793. The van der Waals surface area contributed by atoms with Gasteiger partial charge in [-0.1, -0.05) is 12.1 Å². The van der Waals surface area contributed by atoms with Gasteiger partial charge in [-0.25, -0.2) is 4.79 Å². The van der Waals surface area contributed by atoms with Gasteiger partial charge in [0.15, 0.2) is 0 Å². The third-order valence-corrected chi connectivity index (χ3v) is 1.97. The third kappa shape index (κ3) is 3.77. The highest BCUT2D eigenvalue weighted by Crippen LogP contribution is 2.15. The molecule has 16 heavy (non-hydrogen) atoms. The Morgan fingerprint density at radius 2 is 1.88 bits per heavy atom. The Bertz CT molecular complexity index is 388. The maximum absolute atomic E-state index is 10.6. The van der Waals surface area contributed by atoms with Crippen LogP contribution in [0.15, 0.2) is 29.8 Å². The first-order valence-electron chi connectivity index (χ1n) is 5.17. The normalized spacial score (nSPS) is 11.6. The number of hydrogen-bond acceptors (Lipinski definition) is 2. The van der Waals surface area contributed by atoms with E-state index in [2.05, 4.69) is 0 Å². The van der Waals surface area contributed by atoms with Crippen LogP contribution in [0.4, 0.5) is 0 Å². The van der Waals surface area contributed by atoms with Crippen LogP contribution in [0.1, 0.15) is 26.3 Å². The van der Waals surface area contributed by atoms with Crippen LogP contribution >= 0.6 is 0 Å². The summed E-state index contributed by atoms with van der Waals surface area (Å²) in [5.41, 5.74) is 1.17. The maximum atomic E-state index is 10.6. The Kier molecular flexibility index (Phi) is 4.11. The number of aliphatic carboxylic acids is 1. The summed E-state index contributed by atoms with van der Waals surface area (Å²) in [7, 11) is 0. The van der Waals surface area contributed by atoms with Gasteiger partial charge in [0.1, 0.15) is 5.75 Å². The summed E-state index contributed by atoms with van der Waals surface area (Å²) in [5, 5.41) is 8.72. The molecule has 0 fully saturated rings. The van der Waals surface area contributed by atoms with Gasteiger partial charge in [-0.2, -0.15) is 0 Å². The van der Waals surface area contributed by atoms with Gasteiger partial charge in [0.2, 0.25) is 0 Å². The van der Waals surface area contributed by atoms with E-state index in [0.717, 1.165) is 11.3 Å². The summed E-state index contributed by atoms with van der Waals surface area (Å²) in [6.45, 7) is 5.49. The number of ether oxygens (including phenoxy) is 1. The lowest BCUT2D eigenvalue weighted by Gasteiger charge is -2.09. The lowest BCUT2D eigenvalue weighted by Crippen LogP contribution is -2.05. The van der Waals surface area contributed by atoms with Crippen LogP contribution in [0.5, 0.6) is 5.75 Å². The van der Waals surface area contributed by atoms with E-state index < -0.39 is 5.97 Å². The van der Waals surface area contributed by atoms with Crippen molar-refractivity contribution in [1.29, 1.82) is 0 Å². The van der Waals surface area contributed by atoms with Gasteiger partial charge in [0.05, 0.1) is 6.10 Å². The fourth-order valence-corrected chi connectivity index (χ4v) is 1.23. The second-order valence-electron chi connectivity index (χ2n) is 3.87. The fourth-order valence-electron chi connectivity index (χ4n) is 1.23. The zero-order valence-electron chi connectivity index (χ0n) is 9.73. The number of hydrogen-bond donors (Lipinski definition) is 1. The molecule has 3 nitrogen and oxygen atoms in total. The predicted molar refractivity (Wildman–Crippen MR) is 63.5 cm³/mol. The van der Waals surface area contributed by atoms with Crippen molar-refractivity contribution in [3.8, 4) is 5.75 Å². The lowest BCUT2D eigenvalue weighted by molar-refractivity contribution is -0.132. The molecule has 1 rings (SSSR count). The molecule has 0 amide bonds. The molecule has 0 spiro atoms. The lowest BCUT2D eigenvalue weighted by atomic mass is 10.1. The van der Waals surface area contributed by atoms with Crippen molar-refractivity contribution in [2.24, 2.45) is 0 Å². The first-order chi connectivity index (χ1) is 7.49. The Morgan fingerprint density at radius 3 is 2.31 bits per heavy atom. The number of benzene rings is 1. The molecule has 86 valence electrons. The smallest absolute Gasteiger partial charge is 0.331 e. The van der Waals surface area contributed by atoms with Gasteiger partial charge in [-0.15, -0.1) is 0 Å². The van der Waals surface area contributed by atoms with Crippen molar-refractivity contribution < 1.29 is 14.6 Å². The molecule has 1 aromatic rings. The molecule has 0 aliphatic carbocycles. The van der Waals surface area contributed by atoms with Crippen LogP contribution in [0.2, 0.25) is 0 Å². The molecule has 3 heteroatoms.